The number of amides is 1. The fraction of sp³-hybridized carbons (Fsp3) is 0.611. The van der Waals surface area contributed by atoms with Gasteiger partial charge in [0, 0.05) is 38.6 Å². The van der Waals surface area contributed by atoms with Gasteiger partial charge in [-0.25, -0.2) is 4.39 Å². The molecule has 0 radical (unpaired) electrons. The van der Waals surface area contributed by atoms with Crippen molar-refractivity contribution in [3.8, 4) is 0 Å². The van der Waals surface area contributed by atoms with Crippen LogP contribution in [-0.4, -0.2) is 55.1 Å². The van der Waals surface area contributed by atoms with Crippen LogP contribution < -0.4 is 0 Å². The van der Waals surface area contributed by atoms with Crippen LogP contribution in [0.3, 0.4) is 0 Å². The number of likely N-dealkylation sites (tertiary alicyclic amines) is 1. The Morgan fingerprint density at radius 3 is 2.87 bits per heavy atom. The Balaban J connectivity index is 1.60. The maximum Gasteiger partial charge on any atom is 0.224 e. The lowest BCUT2D eigenvalue weighted by molar-refractivity contribution is -0.135. The Hall–Kier alpha value is -1.46. The largest absolute Gasteiger partial charge is 0.378 e. The summed E-state index contributed by atoms with van der Waals surface area (Å²) in [5.41, 5.74) is 1.02. The molecule has 2 unspecified atom stereocenters. The van der Waals surface area contributed by atoms with Gasteiger partial charge in [0.15, 0.2) is 0 Å². The molecule has 0 N–H and O–H groups in total. The third-order valence-corrected chi connectivity index (χ3v) is 4.82. The molecular weight excluding hydrogens is 295 g/mol. The standard InChI is InChI=1S/C18H25FN2O2/c1-14-11-17(15-3-2-4-16(19)12-15)21(13-14)6-5-18(22)20-7-9-23-10-8-20/h2-4,12,14,17H,5-11,13H2,1H3. The molecule has 1 aromatic rings. The number of hydrogen-bond donors (Lipinski definition) is 0. The van der Waals surface area contributed by atoms with Crippen molar-refractivity contribution in [1.82, 2.24) is 9.80 Å². The van der Waals surface area contributed by atoms with Crippen LogP contribution in [-0.2, 0) is 9.53 Å². The van der Waals surface area contributed by atoms with Crippen LogP contribution in [0, 0.1) is 11.7 Å². The van der Waals surface area contributed by atoms with E-state index < -0.39 is 0 Å². The van der Waals surface area contributed by atoms with Gasteiger partial charge < -0.3 is 9.64 Å². The van der Waals surface area contributed by atoms with Gasteiger partial charge in [0.05, 0.1) is 13.2 Å². The van der Waals surface area contributed by atoms with E-state index in [9.17, 15) is 9.18 Å². The van der Waals surface area contributed by atoms with Crippen LogP contribution in [0.4, 0.5) is 4.39 Å². The van der Waals surface area contributed by atoms with Gasteiger partial charge in [0.25, 0.3) is 0 Å². The van der Waals surface area contributed by atoms with Crippen molar-refractivity contribution in [2.75, 3.05) is 39.4 Å². The monoisotopic (exact) mass is 320 g/mol. The fourth-order valence-corrected chi connectivity index (χ4v) is 3.65. The highest BCUT2D eigenvalue weighted by atomic mass is 19.1. The Bertz CT molecular complexity index is 546. The Kier molecular flexibility index (Phi) is 5.28. The number of nitrogens with zero attached hydrogens (tertiary/aromatic N) is 2. The average molecular weight is 320 g/mol. The molecule has 0 aromatic heterocycles. The van der Waals surface area contributed by atoms with Crippen LogP contribution in [0.25, 0.3) is 0 Å². The zero-order valence-corrected chi connectivity index (χ0v) is 13.7. The molecule has 2 fully saturated rings. The lowest BCUT2D eigenvalue weighted by atomic mass is 10.0. The molecule has 0 aliphatic carbocycles. The highest BCUT2D eigenvalue weighted by molar-refractivity contribution is 5.76. The molecule has 126 valence electrons. The van der Waals surface area contributed by atoms with Crippen molar-refractivity contribution in [3.63, 3.8) is 0 Å². The number of morpholine rings is 1. The third-order valence-electron chi connectivity index (χ3n) is 4.82. The Morgan fingerprint density at radius 2 is 2.13 bits per heavy atom. The maximum absolute atomic E-state index is 13.5. The summed E-state index contributed by atoms with van der Waals surface area (Å²) in [7, 11) is 0. The first kappa shape index (κ1) is 16.4. The summed E-state index contributed by atoms with van der Waals surface area (Å²) in [5, 5.41) is 0. The summed E-state index contributed by atoms with van der Waals surface area (Å²) in [4.78, 5) is 16.5. The predicted octanol–water partition coefficient (Wildman–Crippen LogP) is 2.46. The van der Waals surface area contributed by atoms with E-state index in [2.05, 4.69) is 11.8 Å². The summed E-state index contributed by atoms with van der Waals surface area (Å²) < 4.78 is 18.8. The molecule has 23 heavy (non-hydrogen) atoms. The normalized spacial score (nSPS) is 25.7. The molecule has 3 rings (SSSR count). The molecule has 2 aliphatic rings. The molecule has 0 spiro atoms. The average Bonchev–Trinajstić information content (AvgIpc) is 2.94. The van der Waals surface area contributed by atoms with E-state index in [0.717, 1.165) is 25.1 Å². The van der Waals surface area contributed by atoms with E-state index in [4.69, 9.17) is 4.74 Å². The molecule has 2 aliphatic heterocycles. The fourth-order valence-electron chi connectivity index (χ4n) is 3.65. The number of carbonyl (C=O) groups is 1. The van der Waals surface area contributed by atoms with Crippen LogP contribution >= 0.6 is 0 Å². The molecule has 2 saturated heterocycles. The number of ether oxygens (including phenoxy) is 1. The number of halogens is 1. The van der Waals surface area contributed by atoms with Gasteiger partial charge >= 0.3 is 0 Å². The van der Waals surface area contributed by atoms with Crippen molar-refractivity contribution in [3.05, 3.63) is 35.6 Å². The van der Waals surface area contributed by atoms with Crippen LogP contribution in [0.5, 0.6) is 0 Å². The minimum atomic E-state index is -0.189. The van der Waals surface area contributed by atoms with Crippen molar-refractivity contribution in [2.45, 2.75) is 25.8 Å². The Labute approximate surface area is 137 Å². The molecule has 2 atom stereocenters. The van der Waals surface area contributed by atoms with Crippen molar-refractivity contribution in [1.29, 1.82) is 0 Å². The summed E-state index contributed by atoms with van der Waals surface area (Å²) >= 11 is 0. The molecule has 4 nitrogen and oxygen atoms in total. The molecule has 1 aromatic carbocycles. The van der Waals surface area contributed by atoms with Gasteiger partial charge in [-0.05, 0) is 30.0 Å². The van der Waals surface area contributed by atoms with Crippen LogP contribution in [0.15, 0.2) is 24.3 Å². The third kappa shape index (κ3) is 4.09. The van der Waals surface area contributed by atoms with E-state index in [1.165, 1.54) is 6.07 Å². The Morgan fingerprint density at radius 1 is 1.35 bits per heavy atom. The van der Waals surface area contributed by atoms with Crippen molar-refractivity contribution in [2.24, 2.45) is 5.92 Å². The maximum atomic E-state index is 13.5. The van der Waals surface area contributed by atoms with E-state index >= 15 is 0 Å². The summed E-state index contributed by atoms with van der Waals surface area (Å²) in [5.74, 6) is 0.582. The topological polar surface area (TPSA) is 32.8 Å². The van der Waals surface area contributed by atoms with Gasteiger partial charge in [0.2, 0.25) is 5.91 Å². The second-order valence-corrected chi connectivity index (χ2v) is 6.65. The zero-order chi connectivity index (χ0) is 16.2. The first-order valence-electron chi connectivity index (χ1n) is 8.48. The predicted molar refractivity (Wildman–Crippen MR) is 86.5 cm³/mol. The van der Waals surface area contributed by atoms with Gasteiger partial charge in [-0.3, -0.25) is 9.69 Å². The van der Waals surface area contributed by atoms with Crippen LogP contribution in [0.1, 0.15) is 31.4 Å². The van der Waals surface area contributed by atoms with Gasteiger partial charge in [-0.15, -0.1) is 0 Å². The second-order valence-electron chi connectivity index (χ2n) is 6.65. The van der Waals surface area contributed by atoms with Gasteiger partial charge in [-0.1, -0.05) is 19.1 Å². The molecular formula is C18H25FN2O2. The molecule has 0 bridgehead atoms. The quantitative estimate of drug-likeness (QED) is 0.854. The first-order chi connectivity index (χ1) is 11.1. The van der Waals surface area contributed by atoms with E-state index in [1.807, 2.05) is 11.0 Å². The van der Waals surface area contributed by atoms with Crippen LogP contribution in [0.2, 0.25) is 0 Å². The number of carbonyl (C=O) groups excluding carboxylic acids is 1. The summed E-state index contributed by atoms with van der Waals surface area (Å²) in [6.45, 7) is 6.59. The van der Waals surface area contributed by atoms with E-state index in [-0.39, 0.29) is 17.8 Å². The van der Waals surface area contributed by atoms with Gasteiger partial charge in [-0.2, -0.15) is 0 Å². The molecule has 2 heterocycles. The molecule has 0 saturated carbocycles. The number of rotatable bonds is 4. The first-order valence-corrected chi connectivity index (χ1v) is 8.48. The minimum Gasteiger partial charge on any atom is -0.378 e. The van der Waals surface area contributed by atoms with E-state index in [1.54, 1.807) is 12.1 Å². The summed E-state index contributed by atoms with van der Waals surface area (Å²) in [6.07, 6.45) is 1.55. The smallest absolute Gasteiger partial charge is 0.224 e. The highest BCUT2D eigenvalue weighted by Gasteiger charge is 2.31. The highest BCUT2D eigenvalue weighted by Crippen LogP contribution is 2.35. The molecule has 5 heteroatoms. The lowest BCUT2D eigenvalue weighted by Gasteiger charge is -2.29. The minimum absolute atomic E-state index is 0.189. The number of hydrogen-bond acceptors (Lipinski definition) is 3. The molecule has 1 amide bonds. The SMILES string of the molecule is CC1CC(c2cccc(F)c2)N(CCC(=O)N2CCOCC2)C1. The number of benzene rings is 1. The zero-order valence-electron chi connectivity index (χ0n) is 13.7. The van der Waals surface area contributed by atoms with Crippen molar-refractivity contribution >= 4 is 5.91 Å². The van der Waals surface area contributed by atoms with Gasteiger partial charge in [0.1, 0.15) is 5.82 Å². The lowest BCUT2D eigenvalue weighted by Crippen LogP contribution is -2.42. The van der Waals surface area contributed by atoms with E-state index in [0.29, 0.717) is 38.6 Å². The van der Waals surface area contributed by atoms with Crippen molar-refractivity contribution < 1.29 is 13.9 Å². The second kappa shape index (κ2) is 7.41. The summed E-state index contributed by atoms with van der Waals surface area (Å²) in [6, 6.07) is 7.08.